The number of hydrogen-bond acceptors (Lipinski definition) is 5. The molecule has 2 aromatic carbocycles. The van der Waals surface area contributed by atoms with Gasteiger partial charge in [-0.2, -0.15) is 0 Å². The minimum atomic E-state index is -0.190. The first kappa shape index (κ1) is 17.8. The first-order valence-corrected chi connectivity index (χ1v) is 10.4. The molecule has 27 heavy (non-hydrogen) atoms. The highest BCUT2D eigenvalue weighted by molar-refractivity contribution is 7.98. The number of rotatable bonds is 7. The van der Waals surface area contributed by atoms with Crippen molar-refractivity contribution >= 4 is 23.1 Å². The van der Waals surface area contributed by atoms with Gasteiger partial charge in [-0.25, -0.2) is 14.9 Å². The van der Waals surface area contributed by atoms with Crippen LogP contribution in [0, 0.1) is 0 Å². The molecule has 4 aromatic rings. The minimum Gasteiger partial charge on any atom is -0.266 e. The fourth-order valence-electron chi connectivity index (χ4n) is 2.72. The largest absolute Gasteiger partial charge is 0.344 e. The van der Waals surface area contributed by atoms with Crippen LogP contribution in [0.3, 0.4) is 0 Å². The van der Waals surface area contributed by atoms with Crippen molar-refractivity contribution in [3.8, 4) is 0 Å². The molecule has 0 saturated carbocycles. The molecule has 0 aliphatic carbocycles. The predicted octanol–water partition coefficient (Wildman–Crippen LogP) is 3.96. The number of nitrogens with one attached hydrogen (secondary N) is 1. The average Bonchev–Trinajstić information content (AvgIpc) is 3.29. The normalized spacial score (nSPS) is 11.0. The third kappa shape index (κ3) is 4.56. The zero-order chi connectivity index (χ0) is 18.5. The van der Waals surface area contributed by atoms with Crippen molar-refractivity contribution in [2.24, 2.45) is 0 Å². The van der Waals surface area contributed by atoms with Crippen LogP contribution in [0.5, 0.6) is 0 Å². The molecule has 0 unspecified atom stereocenters. The fourth-order valence-corrected chi connectivity index (χ4v) is 4.50. The molecule has 0 amide bonds. The van der Waals surface area contributed by atoms with Gasteiger partial charge in [-0.1, -0.05) is 72.4 Å². The van der Waals surface area contributed by atoms with Crippen LogP contribution < -0.4 is 5.69 Å². The van der Waals surface area contributed by atoms with E-state index in [4.69, 9.17) is 4.98 Å². The van der Waals surface area contributed by atoms with Gasteiger partial charge in [0.25, 0.3) is 0 Å². The third-order valence-electron chi connectivity index (χ3n) is 4.05. The Morgan fingerprint density at radius 3 is 2.44 bits per heavy atom. The van der Waals surface area contributed by atoms with E-state index in [1.165, 1.54) is 17.3 Å². The maximum atomic E-state index is 12.1. The summed E-state index contributed by atoms with van der Waals surface area (Å²) in [6, 6.07) is 20.2. The van der Waals surface area contributed by atoms with Gasteiger partial charge in [-0.05, 0) is 11.1 Å². The average molecular weight is 395 g/mol. The van der Waals surface area contributed by atoms with E-state index in [-0.39, 0.29) is 5.69 Å². The first-order valence-electron chi connectivity index (χ1n) is 8.57. The van der Waals surface area contributed by atoms with Gasteiger partial charge in [0, 0.05) is 17.6 Å². The molecule has 5 nitrogen and oxygen atoms in total. The maximum Gasteiger partial charge on any atom is 0.344 e. The molecule has 0 bridgehead atoms. The number of nitrogens with zero attached hydrogens (tertiary/aromatic N) is 3. The van der Waals surface area contributed by atoms with Crippen molar-refractivity contribution in [3.63, 3.8) is 0 Å². The second kappa shape index (κ2) is 8.37. The van der Waals surface area contributed by atoms with Crippen LogP contribution in [-0.4, -0.2) is 19.7 Å². The Kier molecular flexibility index (Phi) is 5.50. The van der Waals surface area contributed by atoms with Crippen LogP contribution >= 0.6 is 23.1 Å². The number of benzene rings is 2. The van der Waals surface area contributed by atoms with Gasteiger partial charge >= 0.3 is 5.69 Å². The van der Waals surface area contributed by atoms with Crippen LogP contribution in [0.4, 0.5) is 0 Å². The van der Waals surface area contributed by atoms with E-state index in [9.17, 15) is 4.79 Å². The van der Waals surface area contributed by atoms with Crippen molar-refractivity contribution < 1.29 is 0 Å². The summed E-state index contributed by atoms with van der Waals surface area (Å²) in [5.41, 5.74) is 3.15. The molecule has 0 saturated heterocycles. The van der Waals surface area contributed by atoms with Crippen molar-refractivity contribution in [1.82, 2.24) is 19.7 Å². The lowest BCUT2D eigenvalue weighted by Gasteiger charge is -2.04. The molecule has 0 fully saturated rings. The Morgan fingerprint density at radius 2 is 1.70 bits per heavy atom. The van der Waals surface area contributed by atoms with Crippen molar-refractivity contribution in [1.29, 1.82) is 0 Å². The number of aromatic amines is 1. The number of thiazole rings is 1. The Labute approximate surface area is 165 Å². The lowest BCUT2D eigenvalue weighted by atomic mass is 10.2. The molecule has 0 spiro atoms. The van der Waals surface area contributed by atoms with E-state index in [1.54, 1.807) is 15.9 Å². The molecule has 4 rings (SSSR count). The molecule has 1 N–H and O–H groups in total. The summed E-state index contributed by atoms with van der Waals surface area (Å²) in [5.74, 6) is 0.685. The molecule has 7 heteroatoms. The summed E-state index contributed by atoms with van der Waals surface area (Å²) in [7, 11) is 0. The molecular formula is C20H18N4OS2. The molecule has 2 heterocycles. The van der Waals surface area contributed by atoms with Crippen molar-refractivity contribution in [3.05, 3.63) is 98.4 Å². The molecule has 0 aliphatic heterocycles. The van der Waals surface area contributed by atoms with E-state index in [0.717, 1.165) is 22.7 Å². The monoisotopic (exact) mass is 394 g/mol. The summed E-state index contributed by atoms with van der Waals surface area (Å²) >= 11 is 3.19. The zero-order valence-corrected chi connectivity index (χ0v) is 16.2. The van der Waals surface area contributed by atoms with Crippen LogP contribution in [0.2, 0.25) is 0 Å². The Hall–Kier alpha value is -2.64. The first-order chi connectivity index (χ1) is 13.3. The Morgan fingerprint density at radius 1 is 1.00 bits per heavy atom. The van der Waals surface area contributed by atoms with Crippen molar-refractivity contribution in [2.75, 3.05) is 0 Å². The van der Waals surface area contributed by atoms with Gasteiger partial charge in [0.15, 0.2) is 5.16 Å². The smallest absolute Gasteiger partial charge is 0.266 e. The molecule has 0 radical (unpaired) electrons. The fraction of sp³-hybridized carbons (Fsp3) is 0.150. The minimum absolute atomic E-state index is 0.190. The topological polar surface area (TPSA) is 63.6 Å². The Balaban J connectivity index is 1.42. The van der Waals surface area contributed by atoms with Crippen LogP contribution in [0.25, 0.3) is 0 Å². The summed E-state index contributed by atoms with van der Waals surface area (Å²) in [6.07, 6.45) is 0.845. The van der Waals surface area contributed by atoms with E-state index < -0.39 is 0 Å². The number of hydrogen-bond donors (Lipinski definition) is 1. The highest BCUT2D eigenvalue weighted by Gasteiger charge is 2.11. The standard InChI is InChI=1S/C20H18N4OS2/c25-19-22-23-20(24(19)12-16-9-5-2-6-10-16)27-14-17-13-26-18(21-17)11-15-7-3-1-4-8-15/h1-10,13H,11-12,14H2,(H,22,25). The van der Waals surface area contributed by atoms with Crippen LogP contribution in [0.15, 0.2) is 76.0 Å². The van der Waals surface area contributed by atoms with E-state index in [0.29, 0.717) is 17.5 Å². The van der Waals surface area contributed by atoms with E-state index in [1.807, 2.05) is 48.5 Å². The predicted molar refractivity (Wildman–Crippen MR) is 109 cm³/mol. The Bertz CT molecular complexity index is 1050. The van der Waals surface area contributed by atoms with Gasteiger partial charge in [0.05, 0.1) is 17.2 Å². The molecule has 136 valence electrons. The summed E-state index contributed by atoms with van der Waals surface area (Å²) in [5, 5.41) is 10.6. The molecule has 0 aliphatic rings. The molecular weight excluding hydrogens is 376 g/mol. The number of H-pyrrole nitrogens is 1. The third-order valence-corrected chi connectivity index (χ3v) is 5.96. The lowest BCUT2D eigenvalue weighted by Crippen LogP contribution is -2.18. The lowest BCUT2D eigenvalue weighted by molar-refractivity contribution is 0.687. The van der Waals surface area contributed by atoms with Crippen molar-refractivity contribution in [2.45, 2.75) is 23.9 Å². The van der Waals surface area contributed by atoms with Gasteiger partial charge in [-0.15, -0.1) is 16.4 Å². The molecule has 2 aromatic heterocycles. The second-order valence-corrected chi connectivity index (χ2v) is 7.95. The second-order valence-electron chi connectivity index (χ2n) is 6.07. The summed E-state index contributed by atoms with van der Waals surface area (Å²) in [4.78, 5) is 16.8. The van der Waals surface area contributed by atoms with Crippen LogP contribution in [-0.2, 0) is 18.7 Å². The van der Waals surface area contributed by atoms with Gasteiger partial charge in [0.1, 0.15) is 0 Å². The summed E-state index contributed by atoms with van der Waals surface area (Å²) < 4.78 is 1.66. The van der Waals surface area contributed by atoms with Gasteiger partial charge in [-0.3, -0.25) is 4.57 Å². The van der Waals surface area contributed by atoms with Crippen LogP contribution in [0.1, 0.15) is 21.8 Å². The van der Waals surface area contributed by atoms with E-state index in [2.05, 4.69) is 27.7 Å². The quantitative estimate of drug-likeness (QED) is 0.482. The zero-order valence-electron chi connectivity index (χ0n) is 14.5. The maximum absolute atomic E-state index is 12.1. The number of aromatic nitrogens is 4. The van der Waals surface area contributed by atoms with Gasteiger partial charge in [0.2, 0.25) is 0 Å². The summed E-state index contributed by atoms with van der Waals surface area (Å²) in [6.45, 7) is 0.509. The van der Waals surface area contributed by atoms with E-state index >= 15 is 0 Å². The molecule has 0 atom stereocenters. The highest BCUT2D eigenvalue weighted by Crippen LogP contribution is 2.22. The highest BCUT2D eigenvalue weighted by atomic mass is 32.2. The number of thioether (sulfide) groups is 1. The SMILES string of the molecule is O=c1[nH]nc(SCc2csc(Cc3ccccc3)n2)n1Cc1ccccc1. The van der Waals surface area contributed by atoms with Gasteiger partial charge < -0.3 is 0 Å².